The summed E-state index contributed by atoms with van der Waals surface area (Å²) in [5, 5.41) is 9.64. The van der Waals surface area contributed by atoms with Gasteiger partial charge in [-0.2, -0.15) is 0 Å². The monoisotopic (exact) mass is 117 g/mol. The molecule has 0 atom stereocenters. The minimum atomic E-state index is -1.15. The van der Waals surface area contributed by atoms with Crippen molar-refractivity contribution in [3.05, 3.63) is 0 Å². The van der Waals surface area contributed by atoms with Crippen molar-refractivity contribution < 1.29 is 14.6 Å². The molecule has 0 aliphatic heterocycles. The van der Waals surface area contributed by atoms with E-state index in [0.717, 1.165) is 6.42 Å². The summed E-state index contributed by atoms with van der Waals surface area (Å²) in [6.07, 6.45) is 0.841. The van der Waals surface area contributed by atoms with E-state index in [4.69, 9.17) is 0 Å². The van der Waals surface area contributed by atoms with Crippen molar-refractivity contribution in [3.8, 4) is 0 Å². The lowest BCUT2D eigenvalue weighted by atomic mass is 10.5. The van der Waals surface area contributed by atoms with Crippen molar-refractivity contribution in [1.29, 1.82) is 0 Å². The van der Waals surface area contributed by atoms with Crippen LogP contribution in [0.1, 0.15) is 13.3 Å². The molecule has 0 N–H and O–H groups in total. The summed E-state index contributed by atoms with van der Waals surface area (Å²) in [6.45, 7) is 2.12. The summed E-state index contributed by atoms with van der Waals surface area (Å²) >= 11 is 0. The lowest BCUT2D eigenvalue weighted by Gasteiger charge is -1.92. The first kappa shape index (κ1) is 7.43. The number of rotatable bonds is 4. The Labute approximate surface area is 48.3 Å². The van der Waals surface area contributed by atoms with Gasteiger partial charge in [-0.05, 0) is 6.42 Å². The molecule has 0 spiro atoms. The van der Waals surface area contributed by atoms with Crippen molar-refractivity contribution >= 4 is 5.97 Å². The van der Waals surface area contributed by atoms with Gasteiger partial charge in [0.05, 0.1) is 0 Å². The summed E-state index contributed by atoms with van der Waals surface area (Å²) in [5.41, 5.74) is 0. The van der Waals surface area contributed by atoms with Crippen LogP contribution < -0.4 is 0 Å². The third-order valence-electron chi connectivity index (χ3n) is 0.568. The Morgan fingerprint density at radius 2 is 2.25 bits per heavy atom. The van der Waals surface area contributed by atoms with Crippen molar-refractivity contribution in [2.75, 3.05) is 13.2 Å². The highest BCUT2D eigenvalue weighted by molar-refractivity contribution is 5.67. The summed E-state index contributed by atoms with van der Waals surface area (Å²) < 4.78 is 4.58. The van der Waals surface area contributed by atoms with E-state index in [9.17, 15) is 9.90 Å². The van der Waals surface area contributed by atoms with Gasteiger partial charge in [0.15, 0.2) is 0 Å². The molecule has 3 heteroatoms. The molecule has 0 saturated carbocycles. The Morgan fingerprint density at radius 3 is 2.62 bits per heavy atom. The summed E-state index contributed by atoms with van der Waals surface area (Å²) in [7, 11) is 0. The van der Waals surface area contributed by atoms with Crippen molar-refractivity contribution in [2.24, 2.45) is 0 Å². The van der Waals surface area contributed by atoms with Gasteiger partial charge in [-0.3, -0.25) is 0 Å². The van der Waals surface area contributed by atoms with Gasteiger partial charge in [-0.15, -0.1) is 0 Å². The Kier molecular flexibility index (Phi) is 4.26. The van der Waals surface area contributed by atoms with Crippen molar-refractivity contribution in [1.82, 2.24) is 0 Å². The van der Waals surface area contributed by atoms with Gasteiger partial charge < -0.3 is 4.74 Å². The highest BCUT2D eigenvalue weighted by atomic mass is 16.5. The van der Waals surface area contributed by atoms with Crippen LogP contribution in [0, 0.1) is 0 Å². The highest BCUT2D eigenvalue weighted by Gasteiger charge is 1.95. The van der Waals surface area contributed by atoms with Gasteiger partial charge in [0.1, 0.15) is 6.61 Å². The molecule has 0 saturated heterocycles. The smallest absolute Gasteiger partial charge is 0.370 e. The molecule has 0 amide bonds. The second kappa shape index (κ2) is 4.59. The molecule has 3 nitrogen and oxygen atoms in total. The SMILES string of the molecule is CCCOCC([O])=O. The Morgan fingerprint density at radius 1 is 1.62 bits per heavy atom. The Bertz CT molecular complexity index is 70.1. The molecule has 8 heavy (non-hydrogen) atoms. The molecule has 0 aliphatic carbocycles. The zero-order valence-corrected chi connectivity index (χ0v) is 4.85. The molecule has 0 aromatic carbocycles. The van der Waals surface area contributed by atoms with Crippen LogP contribution >= 0.6 is 0 Å². The average molecular weight is 117 g/mol. The number of ether oxygens (including phenoxy) is 1. The van der Waals surface area contributed by atoms with Gasteiger partial charge in [-0.25, -0.2) is 9.90 Å². The second-order valence-electron chi connectivity index (χ2n) is 1.42. The van der Waals surface area contributed by atoms with E-state index in [2.05, 4.69) is 4.74 Å². The minimum Gasteiger partial charge on any atom is -0.370 e. The predicted octanol–water partition coefficient (Wildman–Crippen LogP) is 0.370. The van der Waals surface area contributed by atoms with E-state index in [1.807, 2.05) is 6.92 Å². The lowest BCUT2D eigenvalue weighted by Crippen LogP contribution is -2.05. The van der Waals surface area contributed by atoms with Crippen molar-refractivity contribution in [3.63, 3.8) is 0 Å². The number of hydrogen-bond acceptors (Lipinski definition) is 2. The first-order chi connectivity index (χ1) is 3.77. The summed E-state index contributed by atoms with van der Waals surface area (Å²) in [5.74, 6) is -1.15. The van der Waals surface area contributed by atoms with Gasteiger partial charge in [0.2, 0.25) is 0 Å². The normalized spacial score (nSPS) is 9.12. The molecule has 0 aliphatic rings. The van der Waals surface area contributed by atoms with Crippen LogP contribution in [0.5, 0.6) is 0 Å². The van der Waals surface area contributed by atoms with Gasteiger partial charge in [0.25, 0.3) is 0 Å². The zero-order chi connectivity index (χ0) is 6.41. The van der Waals surface area contributed by atoms with Crippen LogP contribution in [0.2, 0.25) is 0 Å². The van der Waals surface area contributed by atoms with Gasteiger partial charge >= 0.3 is 5.97 Å². The first-order valence-corrected chi connectivity index (χ1v) is 2.55. The molecular formula is C5H9O3. The third-order valence-corrected chi connectivity index (χ3v) is 0.568. The molecule has 0 fully saturated rings. The fourth-order valence-electron chi connectivity index (χ4n) is 0.300. The lowest BCUT2D eigenvalue weighted by molar-refractivity contribution is -0.148. The third kappa shape index (κ3) is 5.43. The van der Waals surface area contributed by atoms with E-state index < -0.39 is 5.97 Å². The maximum atomic E-state index is 9.64. The Hall–Kier alpha value is -0.570. The topological polar surface area (TPSA) is 46.2 Å². The molecule has 1 radical (unpaired) electrons. The molecular weight excluding hydrogens is 108 g/mol. The Balaban J connectivity index is 2.82. The molecule has 0 unspecified atom stereocenters. The van der Waals surface area contributed by atoms with E-state index >= 15 is 0 Å². The fourth-order valence-corrected chi connectivity index (χ4v) is 0.300. The zero-order valence-electron chi connectivity index (χ0n) is 4.85. The van der Waals surface area contributed by atoms with E-state index in [0.29, 0.717) is 6.61 Å². The van der Waals surface area contributed by atoms with Crippen LogP contribution in [0.3, 0.4) is 0 Å². The van der Waals surface area contributed by atoms with E-state index in [-0.39, 0.29) is 6.61 Å². The maximum Gasteiger partial charge on any atom is 0.380 e. The predicted molar refractivity (Wildman–Crippen MR) is 26.8 cm³/mol. The first-order valence-electron chi connectivity index (χ1n) is 2.55. The largest absolute Gasteiger partial charge is 0.380 e. The fraction of sp³-hybridized carbons (Fsp3) is 0.800. The molecule has 47 valence electrons. The second-order valence-corrected chi connectivity index (χ2v) is 1.42. The van der Waals surface area contributed by atoms with Crippen LogP contribution in [-0.2, 0) is 14.6 Å². The van der Waals surface area contributed by atoms with E-state index in [1.54, 1.807) is 0 Å². The molecule has 0 aromatic rings. The van der Waals surface area contributed by atoms with Crippen LogP contribution in [0.4, 0.5) is 0 Å². The van der Waals surface area contributed by atoms with Crippen LogP contribution in [-0.4, -0.2) is 19.2 Å². The highest BCUT2D eigenvalue weighted by Crippen LogP contribution is 1.78. The van der Waals surface area contributed by atoms with Crippen molar-refractivity contribution in [2.45, 2.75) is 13.3 Å². The average Bonchev–Trinajstić information content (AvgIpc) is 1.66. The molecule has 0 rings (SSSR count). The number of hydrogen-bond donors (Lipinski definition) is 0. The standard InChI is InChI=1S/C5H9O3/c1-2-3-8-4-5(6)7/h2-4H2,1H3. The number of carbonyl (C=O) groups excluding carboxylic acids is 1. The number of carbonyl (C=O) groups is 1. The molecule has 0 aromatic heterocycles. The summed E-state index contributed by atoms with van der Waals surface area (Å²) in [6, 6.07) is 0. The molecule has 0 bridgehead atoms. The van der Waals surface area contributed by atoms with Gasteiger partial charge in [0, 0.05) is 6.61 Å². The minimum absolute atomic E-state index is 0.284. The summed E-state index contributed by atoms with van der Waals surface area (Å²) in [4.78, 5) is 9.64. The van der Waals surface area contributed by atoms with Crippen LogP contribution in [0.25, 0.3) is 0 Å². The maximum absolute atomic E-state index is 9.64. The van der Waals surface area contributed by atoms with E-state index in [1.165, 1.54) is 0 Å². The molecule has 0 heterocycles. The van der Waals surface area contributed by atoms with Crippen LogP contribution in [0.15, 0.2) is 0 Å². The van der Waals surface area contributed by atoms with Gasteiger partial charge in [-0.1, -0.05) is 6.92 Å². The quantitative estimate of drug-likeness (QED) is 0.499.